The van der Waals surface area contributed by atoms with Crippen molar-refractivity contribution < 1.29 is 23.4 Å². The van der Waals surface area contributed by atoms with E-state index in [1.165, 1.54) is 31.6 Å². The van der Waals surface area contributed by atoms with Crippen molar-refractivity contribution in [1.82, 2.24) is 9.55 Å². The Balaban J connectivity index is 2.54. The SMILES string of the molecule is COC[C@H](CO[P+](C)(O)OC)OCCn1cc(C)c(=O)[nH]c1=O. The molecule has 2 N–H and O–H groups in total. The quantitative estimate of drug-likeness (QED) is 0.567. The Kier molecular flexibility index (Phi) is 8.04. The number of nitrogens with zero attached hydrogens (tertiary/aromatic N) is 1. The maximum atomic E-state index is 11.6. The van der Waals surface area contributed by atoms with Gasteiger partial charge in [0, 0.05) is 18.9 Å². The Morgan fingerprint density at radius 1 is 1.35 bits per heavy atom. The van der Waals surface area contributed by atoms with Gasteiger partial charge >= 0.3 is 13.6 Å². The largest absolute Gasteiger partial charge is 0.405 e. The van der Waals surface area contributed by atoms with E-state index in [0.29, 0.717) is 5.56 Å². The summed E-state index contributed by atoms with van der Waals surface area (Å²) < 4.78 is 22.1. The summed E-state index contributed by atoms with van der Waals surface area (Å²) in [4.78, 5) is 34.9. The lowest BCUT2D eigenvalue weighted by Gasteiger charge is -2.18. The molecule has 0 amide bonds. The Hall–Kier alpha value is -1.09. The number of aromatic nitrogens is 2. The lowest BCUT2D eigenvalue weighted by Crippen LogP contribution is -2.33. The average Bonchev–Trinajstić information content (AvgIpc) is 2.50. The van der Waals surface area contributed by atoms with Gasteiger partial charge in [-0.25, -0.2) is 4.79 Å². The first-order valence-electron chi connectivity index (χ1n) is 6.99. The number of hydrogen-bond donors (Lipinski definition) is 2. The Morgan fingerprint density at radius 3 is 2.65 bits per heavy atom. The minimum Gasteiger partial charge on any atom is -0.382 e. The van der Waals surface area contributed by atoms with Crippen LogP contribution in [0, 0.1) is 6.92 Å². The van der Waals surface area contributed by atoms with E-state index in [0.717, 1.165) is 0 Å². The molecule has 2 atom stereocenters. The summed E-state index contributed by atoms with van der Waals surface area (Å²) in [5.74, 6) is 0. The van der Waals surface area contributed by atoms with Crippen LogP contribution in [0.3, 0.4) is 0 Å². The van der Waals surface area contributed by atoms with Crippen molar-refractivity contribution in [3.05, 3.63) is 32.6 Å². The van der Waals surface area contributed by atoms with Gasteiger partial charge in [0.2, 0.25) is 0 Å². The zero-order valence-electron chi connectivity index (χ0n) is 13.8. The van der Waals surface area contributed by atoms with Crippen molar-refractivity contribution in [2.45, 2.75) is 19.6 Å². The number of methoxy groups -OCH3 is 1. The van der Waals surface area contributed by atoms with E-state index in [9.17, 15) is 14.5 Å². The number of aromatic amines is 1. The molecular formula is C13H24N2O7P+. The van der Waals surface area contributed by atoms with Crippen molar-refractivity contribution in [2.75, 3.05) is 40.7 Å². The molecule has 0 bridgehead atoms. The summed E-state index contributed by atoms with van der Waals surface area (Å²) in [7, 11) is 0.0480. The standard InChI is InChI=1S/C13H23N2O7P/c1-10-7-15(13(17)14-12(10)16)5-6-21-11(8-19-2)9-22-23(4,18)20-3/h7,11,18H,5-6,8-9H2,1-4H3/p+1/t11-,23?/m1/s1. The third kappa shape index (κ3) is 6.90. The molecule has 0 aliphatic rings. The normalized spacial score (nSPS) is 15.3. The third-order valence-electron chi connectivity index (χ3n) is 3.07. The van der Waals surface area contributed by atoms with Gasteiger partial charge in [0.1, 0.15) is 19.4 Å². The lowest BCUT2D eigenvalue weighted by atomic mass is 10.4. The number of aryl methyl sites for hydroxylation is 1. The third-order valence-corrected chi connectivity index (χ3v) is 4.37. The van der Waals surface area contributed by atoms with Gasteiger partial charge in [-0.1, -0.05) is 0 Å². The molecule has 0 saturated heterocycles. The summed E-state index contributed by atoms with van der Waals surface area (Å²) in [6, 6.07) is 0. The number of H-pyrrole nitrogens is 1. The Bertz CT molecular complexity index is 599. The van der Waals surface area contributed by atoms with E-state index in [1.54, 1.807) is 6.92 Å². The van der Waals surface area contributed by atoms with Crippen molar-refractivity contribution in [1.29, 1.82) is 0 Å². The topological polar surface area (TPSA) is 112 Å². The fourth-order valence-corrected chi connectivity index (χ4v) is 2.25. The highest BCUT2D eigenvalue weighted by atomic mass is 31.2. The van der Waals surface area contributed by atoms with Gasteiger partial charge < -0.3 is 9.47 Å². The molecule has 1 rings (SSSR count). The molecule has 0 fully saturated rings. The van der Waals surface area contributed by atoms with Gasteiger partial charge in [-0.05, 0) is 6.92 Å². The van der Waals surface area contributed by atoms with Crippen LogP contribution in [0.2, 0.25) is 0 Å². The van der Waals surface area contributed by atoms with E-state index in [4.69, 9.17) is 18.5 Å². The summed E-state index contributed by atoms with van der Waals surface area (Å²) >= 11 is 0. The predicted molar refractivity (Wildman–Crippen MR) is 85.7 cm³/mol. The van der Waals surface area contributed by atoms with Gasteiger partial charge in [-0.3, -0.25) is 14.3 Å². The highest BCUT2D eigenvalue weighted by Gasteiger charge is 2.33. The van der Waals surface area contributed by atoms with Gasteiger partial charge in [-0.2, -0.15) is 13.9 Å². The van der Waals surface area contributed by atoms with Crippen LogP contribution in [0.1, 0.15) is 5.56 Å². The van der Waals surface area contributed by atoms with Crippen LogP contribution in [0.5, 0.6) is 0 Å². The van der Waals surface area contributed by atoms with E-state index in [-0.39, 0.29) is 26.4 Å². The van der Waals surface area contributed by atoms with Crippen LogP contribution in [-0.2, 0) is 25.1 Å². The summed E-state index contributed by atoms with van der Waals surface area (Å²) in [6.07, 6.45) is 1.06. The molecule has 0 spiro atoms. The average molecular weight is 351 g/mol. The molecule has 9 nitrogen and oxygen atoms in total. The lowest BCUT2D eigenvalue weighted by molar-refractivity contribution is -0.0321. The minimum absolute atomic E-state index is 0.0992. The maximum absolute atomic E-state index is 11.6. The zero-order chi connectivity index (χ0) is 17.5. The molecule has 0 aliphatic carbocycles. The van der Waals surface area contributed by atoms with Crippen molar-refractivity contribution >= 4 is 7.94 Å². The van der Waals surface area contributed by atoms with Gasteiger partial charge in [0.05, 0.1) is 26.9 Å². The molecule has 132 valence electrons. The summed E-state index contributed by atoms with van der Waals surface area (Å²) in [6.45, 7) is 3.95. The highest BCUT2D eigenvalue weighted by molar-refractivity contribution is 7.59. The van der Waals surface area contributed by atoms with Crippen LogP contribution in [0.25, 0.3) is 0 Å². The van der Waals surface area contributed by atoms with E-state index in [2.05, 4.69) is 4.98 Å². The fraction of sp³-hybridized carbons (Fsp3) is 0.692. The van der Waals surface area contributed by atoms with Crippen molar-refractivity contribution in [2.24, 2.45) is 0 Å². The number of rotatable bonds is 10. The monoisotopic (exact) mass is 351 g/mol. The second-order valence-electron chi connectivity index (χ2n) is 4.99. The first-order chi connectivity index (χ1) is 10.8. The van der Waals surface area contributed by atoms with E-state index in [1.807, 2.05) is 0 Å². The molecule has 0 aliphatic heterocycles. The first kappa shape index (κ1) is 20.0. The van der Waals surface area contributed by atoms with E-state index < -0.39 is 25.3 Å². The van der Waals surface area contributed by atoms with Gasteiger partial charge in [0.25, 0.3) is 5.56 Å². The maximum Gasteiger partial charge on any atom is 0.405 e. The molecule has 1 aromatic heterocycles. The first-order valence-corrected chi connectivity index (χ1v) is 9.02. The van der Waals surface area contributed by atoms with Gasteiger partial charge in [-0.15, -0.1) is 0 Å². The second-order valence-corrected chi connectivity index (χ2v) is 7.22. The highest BCUT2D eigenvalue weighted by Crippen LogP contribution is 2.51. The molecule has 10 heteroatoms. The molecular weight excluding hydrogens is 327 g/mol. The summed E-state index contributed by atoms with van der Waals surface area (Å²) in [5.41, 5.74) is -0.442. The smallest absolute Gasteiger partial charge is 0.382 e. The molecule has 0 saturated carbocycles. The molecule has 0 aromatic carbocycles. The molecule has 1 heterocycles. The zero-order valence-corrected chi connectivity index (χ0v) is 14.7. The molecule has 1 unspecified atom stereocenters. The Morgan fingerprint density at radius 2 is 2.04 bits per heavy atom. The Labute approximate surface area is 134 Å². The van der Waals surface area contributed by atoms with Crippen LogP contribution in [0.15, 0.2) is 15.8 Å². The number of hydrogen-bond acceptors (Lipinski definition) is 7. The predicted octanol–water partition coefficient (Wildman–Crippen LogP) is -0.0757. The summed E-state index contributed by atoms with van der Waals surface area (Å²) in [5, 5.41) is 0. The van der Waals surface area contributed by atoms with Gasteiger partial charge in [0.15, 0.2) is 0 Å². The fourth-order valence-electron chi connectivity index (χ4n) is 1.71. The number of ether oxygens (including phenoxy) is 2. The molecule has 23 heavy (non-hydrogen) atoms. The molecule has 1 aromatic rings. The minimum atomic E-state index is -2.84. The molecule has 0 radical (unpaired) electrons. The van der Waals surface area contributed by atoms with Crippen LogP contribution >= 0.6 is 7.94 Å². The van der Waals surface area contributed by atoms with Crippen molar-refractivity contribution in [3.63, 3.8) is 0 Å². The van der Waals surface area contributed by atoms with Crippen LogP contribution < -0.4 is 11.2 Å². The van der Waals surface area contributed by atoms with E-state index >= 15 is 0 Å². The second kappa shape index (κ2) is 9.27. The van der Waals surface area contributed by atoms with Crippen LogP contribution in [0.4, 0.5) is 0 Å². The van der Waals surface area contributed by atoms with Crippen molar-refractivity contribution in [3.8, 4) is 0 Å². The van der Waals surface area contributed by atoms with Crippen LogP contribution in [-0.4, -0.2) is 61.3 Å². The number of nitrogens with one attached hydrogen (secondary N) is 1.